The largest absolute Gasteiger partial charge is 0.370 e. The molecule has 0 spiro atoms. The average molecular weight is 288 g/mol. The van der Waals surface area contributed by atoms with E-state index in [-0.39, 0.29) is 0 Å². The molecule has 0 aliphatic rings. The van der Waals surface area contributed by atoms with Crippen molar-refractivity contribution in [1.82, 2.24) is 19.7 Å². The minimum Gasteiger partial charge on any atom is -0.370 e. The van der Waals surface area contributed by atoms with Crippen LogP contribution in [0.1, 0.15) is 27.2 Å². The third kappa shape index (κ3) is 3.71. The standard InChI is InChI=1S/C15H24N6/c1-5-8-16-14-9-13(12-10-17-20(4)11-12)18-15(19-14)21(6-2)7-3/h9-11H,5-8H2,1-4H3,(H,16,18,19). The van der Waals surface area contributed by atoms with Crippen molar-refractivity contribution < 1.29 is 0 Å². The van der Waals surface area contributed by atoms with Crippen molar-refractivity contribution in [1.29, 1.82) is 0 Å². The Hall–Kier alpha value is -2.11. The van der Waals surface area contributed by atoms with Gasteiger partial charge in [0.1, 0.15) is 5.82 Å². The average Bonchev–Trinajstić information content (AvgIpc) is 2.93. The van der Waals surface area contributed by atoms with Gasteiger partial charge in [0.25, 0.3) is 0 Å². The summed E-state index contributed by atoms with van der Waals surface area (Å²) < 4.78 is 1.79. The SMILES string of the molecule is CCCNc1cc(-c2cnn(C)c2)nc(N(CC)CC)n1. The van der Waals surface area contributed by atoms with Crippen LogP contribution < -0.4 is 10.2 Å². The van der Waals surface area contributed by atoms with Gasteiger partial charge in [0.2, 0.25) is 5.95 Å². The number of hydrogen-bond acceptors (Lipinski definition) is 5. The summed E-state index contributed by atoms with van der Waals surface area (Å²) >= 11 is 0. The van der Waals surface area contributed by atoms with Crippen molar-refractivity contribution in [3.05, 3.63) is 18.5 Å². The first kappa shape index (κ1) is 15.3. The smallest absolute Gasteiger partial charge is 0.227 e. The Kier molecular flexibility index (Phi) is 5.14. The fraction of sp³-hybridized carbons (Fsp3) is 0.533. The van der Waals surface area contributed by atoms with E-state index in [9.17, 15) is 0 Å². The normalized spacial score (nSPS) is 10.7. The molecule has 2 aromatic rings. The Morgan fingerprint density at radius 2 is 1.95 bits per heavy atom. The summed E-state index contributed by atoms with van der Waals surface area (Å²) in [5.41, 5.74) is 1.91. The summed E-state index contributed by atoms with van der Waals surface area (Å²) in [7, 11) is 1.91. The quantitative estimate of drug-likeness (QED) is 0.848. The van der Waals surface area contributed by atoms with E-state index in [1.54, 1.807) is 4.68 Å². The van der Waals surface area contributed by atoms with Crippen molar-refractivity contribution in [2.45, 2.75) is 27.2 Å². The van der Waals surface area contributed by atoms with E-state index in [2.05, 4.69) is 46.1 Å². The summed E-state index contributed by atoms with van der Waals surface area (Å²) in [5.74, 6) is 1.63. The molecule has 0 saturated carbocycles. The van der Waals surface area contributed by atoms with Gasteiger partial charge in [0.05, 0.1) is 11.9 Å². The molecule has 0 aromatic carbocycles. The van der Waals surface area contributed by atoms with Gasteiger partial charge in [-0.15, -0.1) is 0 Å². The van der Waals surface area contributed by atoms with Crippen molar-refractivity contribution in [3.63, 3.8) is 0 Å². The zero-order valence-electron chi connectivity index (χ0n) is 13.3. The topological polar surface area (TPSA) is 58.9 Å². The van der Waals surface area contributed by atoms with Crippen LogP contribution in [0.2, 0.25) is 0 Å². The van der Waals surface area contributed by atoms with Gasteiger partial charge in [-0.25, -0.2) is 4.98 Å². The molecule has 2 aromatic heterocycles. The van der Waals surface area contributed by atoms with Crippen LogP contribution in [0.25, 0.3) is 11.3 Å². The summed E-state index contributed by atoms with van der Waals surface area (Å²) in [6, 6.07) is 1.99. The molecule has 6 nitrogen and oxygen atoms in total. The van der Waals surface area contributed by atoms with E-state index >= 15 is 0 Å². The number of anilines is 2. The van der Waals surface area contributed by atoms with E-state index in [0.29, 0.717) is 0 Å². The predicted octanol–water partition coefficient (Wildman–Crippen LogP) is 2.55. The molecule has 0 amide bonds. The maximum absolute atomic E-state index is 4.69. The molecule has 2 heterocycles. The maximum atomic E-state index is 4.69. The van der Waals surface area contributed by atoms with Crippen LogP contribution in [0.4, 0.5) is 11.8 Å². The monoisotopic (exact) mass is 288 g/mol. The van der Waals surface area contributed by atoms with Crippen molar-refractivity contribution in [3.8, 4) is 11.3 Å². The lowest BCUT2D eigenvalue weighted by atomic mass is 10.2. The highest BCUT2D eigenvalue weighted by Crippen LogP contribution is 2.22. The minimum atomic E-state index is 0.764. The van der Waals surface area contributed by atoms with Crippen molar-refractivity contribution >= 4 is 11.8 Å². The Balaban J connectivity index is 2.41. The van der Waals surface area contributed by atoms with Gasteiger partial charge in [0.15, 0.2) is 0 Å². The first-order chi connectivity index (χ1) is 10.2. The van der Waals surface area contributed by atoms with Gasteiger partial charge in [-0.1, -0.05) is 6.92 Å². The van der Waals surface area contributed by atoms with Crippen LogP contribution >= 0.6 is 0 Å². The second kappa shape index (κ2) is 7.06. The third-order valence-electron chi connectivity index (χ3n) is 3.32. The molecule has 21 heavy (non-hydrogen) atoms. The van der Waals surface area contributed by atoms with Crippen LogP contribution in [0.3, 0.4) is 0 Å². The van der Waals surface area contributed by atoms with Crippen LogP contribution in [0, 0.1) is 0 Å². The Morgan fingerprint density at radius 3 is 2.52 bits per heavy atom. The number of aryl methyl sites for hydroxylation is 1. The van der Waals surface area contributed by atoms with Crippen LogP contribution in [0.15, 0.2) is 18.5 Å². The third-order valence-corrected chi connectivity index (χ3v) is 3.32. The van der Waals surface area contributed by atoms with Crippen LogP contribution in [0.5, 0.6) is 0 Å². The van der Waals surface area contributed by atoms with Gasteiger partial charge >= 0.3 is 0 Å². The summed E-state index contributed by atoms with van der Waals surface area (Å²) in [5, 5.41) is 7.57. The lowest BCUT2D eigenvalue weighted by Crippen LogP contribution is -2.24. The molecule has 0 saturated heterocycles. The lowest BCUT2D eigenvalue weighted by Gasteiger charge is -2.20. The molecule has 6 heteroatoms. The van der Waals surface area contributed by atoms with E-state index < -0.39 is 0 Å². The molecule has 114 valence electrons. The van der Waals surface area contributed by atoms with Crippen LogP contribution in [-0.4, -0.2) is 39.4 Å². The first-order valence-corrected chi connectivity index (χ1v) is 7.54. The lowest BCUT2D eigenvalue weighted by molar-refractivity contribution is 0.768. The molecule has 0 unspecified atom stereocenters. The highest BCUT2D eigenvalue weighted by molar-refractivity contribution is 5.63. The Bertz CT molecular complexity index is 573. The molecule has 0 fully saturated rings. The highest BCUT2D eigenvalue weighted by atomic mass is 15.3. The van der Waals surface area contributed by atoms with Crippen molar-refractivity contribution in [2.24, 2.45) is 7.05 Å². The van der Waals surface area contributed by atoms with Gasteiger partial charge < -0.3 is 10.2 Å². The fourth-order valence-electron chi connectivity index (χ4n) is 2.13. The number of aromatic nitrogens is 4. The van der Waals surface area contributed by atoms with E-state index in [4.69, 9.17) is 0 Å². The molecule has 0 radical (unpaired) electrons. The highest BCUT2D eigenvalue weighted by Gasteiger charge is 2.11. The molecular formula is C15H24N6. The van der Waals surface area contributed by atoms with Crippen LogP contribution in [-0.2, 0) is 7.05 Å². The molecule has 1 N–H and O–H groups in total. The number of rotatable bonds is 7. The fourth-order valence-corrected chi connectivity index (χ4v) is 2.13. The number of nitrogens with zero attached hydrogens (tertiary/aromatic N) is 5. The molecule has 0 aliphatic heterocycles. The maximum Gasteiger partial charge on any atom is 0.227 e. The van der Waals surface area contributed by atoms with E-state index in [1.165, 1.54) is 0 Å². The minimum absolute atomic E-state index is 0.764. The molecule has 0 bridgehead atoms. The second-order valence-corrected chi connectivity index (χ2v) is 4.94. The van der Waals surface area contributed by atoms with Gasteiger partial charge in [-0.05, 0) is 20.3 Å². The summed E-state index contributed by atoms with van der Waals surface area (Å²) in [6.07, 6.45) is 4.86. The Labute approximate surface area is 126 Å². The van der Waals surface area contributed by atoms with Gasteiger partial charge in [0, 0.05) is 44.5 Å². The number of nitrogens with one attached hydrogen (secondary N) is 1. The zero-order chi connectivity index (χ0) is 15.2. The summed E-state index contributed by atoms with van der Waals surface area (Å²) in [4.78, 5) is 11.5. The zero-order valence-corrected chi connectivity index (χ0v) is 13.3. The Morgan fingerprint density at radius 1 is 1.19 bits per heavy atom. The van der Waals surface area contributed by atoms with E-state index in [1.807, 2.05) is 25.5 Å². The van der Waals surface area contributed by atoms with Gasteiger partial charge in [-0.3, -0.25) is 4.68 Å². The van der Waals surface area contributed by atoms with Crippen molar-refractivity contribution in [2.75, 3.05) is 29.9 Å². The first-order valence-electron chi connectivity index (χ1n) is 7.54. The predicted molar refractivity (Wildman–Crippen MR) is 86.6 cm³/mol. The second-order valence-electron chi connectivity index (χ2n) is 4.94. The molecule has 2 rings (SSSR count). The molecule has 0 atom stereocenters. The van der Waals surface area contributed by atoms with E-state index in [0.717, 1.165) is 49.1 Å². The number of hydrogen-bond donors (Lipinski definition) is 1. The molecule has 0 aliphatic carbocycles. The van der Waals surface area contributed by atoms with Gasteiger partial charge in [-0.2, -0.15) is 10.1 Å². The molecular weight excluding hydrogens is 264 g/mol. The summed E-state index contributed by atoms with van der Waals surface area (Å²) in [6.45, 7) is 9.05.